The minimum atomic E-state index is -0.913. The zero-order chi connectivity index (χ0) is 10.8. The molecule has 0 bridgehead atoms. The predicted octanol–water partition coefficient (Wildman–Crippen LogP) is 2.19. The molecule has 0 amide bonds. The summed E-state index contributed by atoms with van der Waals surface area (Å²) < 4.78 is 0. The third kappa shape index (κ3) is 1.96. The molecular formula is C15H16Si. The third-order valence-corrected chi connectivity index (χ3v) is 7.23. The lowest BCUT2D eigenvalue weighted by molar-refractivity contribution is 1.42. The lowest BCUT2D eigenvalue weighted by atomic mass is 10.4. The maximum Gasteiger partial charge on any atom is 0.106 e. The average molecular weight is 224 g/mol. The highest BCUT2D eigenvalue weighted by Gasteiger charge is 2.34. The topological polar surface area (TPSA) is 0 Å². The van der Waals surface area contributed by atoms with Crippen LogP contribution in [0.5, 0.6) is 0 Å². The second-order valence-corrected chi connectivity index (χ2v) is 7.87. The van der Waals surface area contributed by atoms with Gasteiger partial charge in [0.2, 0.25) is 0 Å². The Balaban J connectivity index is 1.99. The Kier molecular flexibility index (Phi) is 2.62. The van der Waals surface area contributed by atoms with Gasteiger partial charge in [-0.3, -0.25) is 0 Å². The van der Waals surface area contributed by atoms with Gasteiger partial charge in [0.25, 0.3) is 0 Å². The van der Waals surface area contributed by atoms with Gasteiger partial charge in [0.1, 0.15) is 8.80 Å². The molecule has 3 rings (SSSR count). The second kappa shape index (κ2) is 4.26. The first-order valence-corrected chi connectivity index (χ1v) is 7.87. The van der Waals surface area contributed by atoms with Crippen LogP contribution < -0.4 is 10.4 Å². The molecule has 0 aliphatic heterocycles. The Morgan fingerprint density at radius 2 is 1.12 bits per heavy atom. The van der Waals surface area contributed by atoms with E-state index >= 15 is 0 Å². The van der Waals surface area contributed by atoms with Crippen molar-refractivity contribution in [2.45, 2.75) is 18.4 Å². The van der Waals surface area contributed by atoms with E-state index in [1.54, 1.807) is 10.4 Å². The lowest BCUT2D eigenvalue weighted by Crippen LogP contribution is -2.42. The Labute approximate surface area is 98.6 Å². The molecule has 80 valence electrons. The molecule has 0 heterocycles. The van der Waals surface area contributed by atoms with Gasteiger partial charge in [-0.1, -0.05) is 83.9 Å². The van der Waals surface area contributed by atoms with E-state index in [9.17, 15) is 0 Å². The van der Waals surface area contributed by atoms with Crippen LogP contribution in [0.25, 0.3) is 0 Å². The molecule has 0 radical (unpaired) electrons. The van der Waals surface area contributed by atoms with E-state index in [0.29, 0.717) is 0 Å². The first kappa shape index (κ1) is 9.85. The summed E-state index contributed by atoms with van der Waals surface area (Å²) in [6, 6.07) is 22.2. The van der Waals surface area contributed by atoms with Crippen LogP contribution in [0.15, 0.2) is 60.7 Å². The molecule has 0 spiro atoms. The molecule has 0 aromatic heterocycles. The van der Waals surface area contributed by atoms with Crippen molar-refractivity contribution in [2.24, 2.45) is 0 Å². The van der Waals surface area contributed by atoms with Crippen molar-refractivity contribution in [1.29, 1.82) is 0 Å². The van der Waals surface area contributed by atoms with Crippen molar-refractivity contribution in [3.63, 3.8) is 0 Å². The summed E-state index contributed by atoms with van der Waals surface area (Å²) in [7, 11) is -0.913. The van der Waals surface area contributed by atoms with Crippen LogP contribution in [-0.2, 0) is 0 Å². The summed E-state index contributed by atoms with van der Waals surface area (Å²) in [4.78, 5) is 0. The van der Waals surface area contributed by atoms with Crippen molar-refractivity contribution < 1.29 is 0 Å². The predicted molar refractivity (Wildman–Crippen MR) is 72.3 cm³/mol. The van der Waals surface area contributed by atoms with Gasteiger partial charge in [-0.25, -0.2) is 0 Å². The van der Waals surface area contributed by atoms with Gasteiger partial charge in [-0.15, -0.1) is 0 Å². The second-order valence-electron chi connectivity index (χ2n) is 4.64. The van der Waals surface area contributed by atoms with E-state index in [0.717, 1.165) is 5.54 Å². The minimum absolute atomic E-state index is 0.913. The molecule has 2 aromatic carbocycles. The first-order chi connectivity index (χ1) is 7.95. The molecule has 16 heavy (non-hydrogen) atoms. The van der Waals surface area contributed by atoms with Crippen molar-refractivity contribution in [2.75, 3.05) is 0 Å². The Bertz CT molecular complexity index is 406. The summed E-state index contributed by atoms with van der Waals surface area (Å²) in [5.41, 5.74) is 1.00. The molecule has 1 saturated carbocycles. The van der Waals surface area contributed by atoms with Gasteiger partial charge in [0, 0.05) is 0 Å². The summed E-state index contributed by atoms with van der Waals surface area (Å²) in [6.07, 6.45) is 2.89. The quantitative estimate of drug-likeness (QED) is 0.701. The summed E-state index contributed by atoms with van der Waals surface area (Å²) in [5.74, 6) is 0. The third-order valence-electron chi connectivity index (χ3n) is 3.41. The van der Waals surface area contributed by atoms with Crippen LogP contribution in [0.4, 0.5) is 0 Å². The molecule has 0 unspecified atom stereocenters. The van der Waals surface area contributed by atoms with E-state index in [1.165, 1.54) is 12.8 Å². The number of hydrogen-bond acceptors (Lipinski definition) is 0. The SMILES string of the molecule is c1ccc([SiH](c2ccccc2)C2CC2)cc1. The standard InChI is InChI=1S/C15H16Si/c1-3-7-13(8-4-1)16(15-11-12-15)14-9-5-2-6-10-14/h1-10,15-16H,11-12H2. The van der Waals surface area contributed by atoms with Crippen LogP contribution in [0.1, 0.15) is 12.8 Å². The molecule has 1 heteroatoms. The fourth-order valence-electron chi connectivity index (χ4n) is 2.49. The highest BCUT2D eigenvalue weighted by molar-refractivity contribution is 6.86. The van der Waals surface area contributed by atoms with Crippen LogP contribution >= 0.6 is 0 Å². The fraction of sp³-hybridized carbons (Fsp3) is 0.200. The van der Waals surface area contributed by atoms with Gasteiger partial charge in [0.05, 0.1) is 0 Å². The van der Waals surface area contributed by atoms with Gasteiger partial charge < -0.3 is 0 Å². The molecule has 0 atom stereocenters. The highest BCUT2D eigenvalue weighted by Crippen LogP contribution is 2.38. The van der Waals surface area contributed by atoms with Crippen molar-refractivity contribution >= 4 is 19.2 Å². The molecule has 1 aliphatic rings. The molecule has 0 N–H and O–H groups in total. The number of rotatable bonds is 3. The Morgan fingerprint density at radius 3 is 1.50 bits per heavy atom. The maximum atomic E-state index is 2.32. The van der Waals surface area contributed by atoms with Gasteiger partial charge in [0.15, 0.2) is 0 Å². The van der Waals surface area contributed by atoms with Crippen LogP contribution in [0, 0.1) is 0 Å². The van der Waals surface area contributed by atoms with Crippen LogP contribution in [-0.4, -0.2) is 8.80 Å². The number of hydrogen-bond donors (Lipinski definition) is 0. The van der Waals surface area contributed by atoms with Crippen molar-refractivity contribution in [1.82, 2.24) is 0 Å². The largest absolute Gasteiger partial charge is 0.106 e. The molecule has 1 aliphatic carbocycles. The summed E-state index contributed by atoms with van der Waals surface area (Å²) in [5, 5.41) is 3.22. The zero-order valence-corrected chi connectivity index (χ0v) is 10.5. The van der Waals surface area contributed by atoms with Crippen LogP contribution in [0.3, 0.4) is 0 Å². The molecule has 1 fully saturated rings. The lowest BCUT2D eigenvalue weighted by Gasteiger charge is -2.15. The van der Waals surface area contributed by atoms with E-state index in [1.807, 2.05) is 0 Å². The number of benzene rings is 2. The van der Waals surface area contributed by atoms with Crippen molar-refractivity contribution in [3.05, 3.63) is 60.7 Å². The van der Waals surface area contributed by atoms with Crippen molar-refractivity contribution in [3.8, 4) is 0 Å². The summed E-state index contributed by atoms with van der Waals surface area (Å²) >= 11 is 0. The zero-order valence-electron chi connectivity index (χ0n) is 9.34. The van der Waals surface area contributed by atoms with Gasteiger partial charge >= 0.3 is 0 Å². The van der Waals surface area contributed by atoms with Gasteiger partial charge in [-0.2, -0.15) is 0 Å². The van der Waals surface area contributed by atoms with E-state index < -0.39 is 8.80 Å². The van der Waals surface area contributed by atoms with E-state index in [4.69, 9.17) is 0 Å². The van der Waals surface area contributed by atoms with E-state index in [-0.39, 0.29) is 0 Å². The minimum Gasteiger partial charge on any atom is -0.0629 e. The molecular weight excluding hydrogens is 208 g/mol. The molecule has 0 nitrogen and oxygen atoms in total. The first-order valence-electron chi connectivity index (χ1n) is 6.05. The normalized spacial score (nSPS) is 15.3. The Hall–Kier alpha value is -1.34. The average Bonchev–Trinajstić information content (AvgIpc) is 3.17. The highest BCUT2D eigenvalue weighted by atomic mass is 28.3. The van der Waals surface area contributed by atoms with Gasteiger partial charge in [-0.05, 0) is 5.54 Å². The summed E-state index contributed by atoms with van der Waals surface area (Å²) in [6.45, 7) is 0. The van der Waals surface area contributed by atoms with Crippen LogP contribution in [0.2, 0.25) is 5.54 Å². The maximum absolute atomic E-state index is 2.32. The fourth-order valence-corrected chi connectivity index (χ4v) is 6.09. The molecule has 0 saturated heterocycles. The smallest absolute Gasteiger partial charge is 0.0629 e. The Morgan fingerprint density at radius 1 is 0.688 bits per heavy atom. The van der Waals surface area contributed by atoms with E-state index in [2.05, 4.69) is 60.7 Å². The monoisotopic (exact) mass is 224 g/mol. The molecule has 2 aromatic rings.